The second kappa shape index (κ2) is 6.30. The molecule has 0 saturated carbocycles. The van der Waals surface area contributed by atoms with Gasteiger partial charge in [-0.3, -0.25) is 9.69 Å². The highest BCUT2D eigenvalue weighted by Gasteiger charge is 2.47. The van der Waals surface area contributed by atoms with E-state index in [0.29, 0.717) is 0 Å². The summed E-state index contributed by atoms with van der Waals surface area (Å²) in [6, 6.07) is 2.24. The number of alkyl halides is 3. The molecule has 0 radical (unpaired) electrons. The highest BCUT2D eigenvalue weighted by Crippen LogP contribution is 2.42. The molecule has 0 aromatic heterocycles. The van der Waals surface area contributed by atoms with Gasteiger partial charge in [0, 0.05) is 22.8 Å². The molecule has 3 nitrogen and oxygen atoms in total. The van der Waals surface area contributed by atoms with Gasteiger partial charge in [0.05, 0.1) is 6.54 Å². The minimum Gasteiger partial charge on any atom is -0.325 e. The van der Waals surface area contributed by atoms with Crippen molar-refractivity contribution >= 4 is 23.2 Å². The Bertz CT molecular complexity index is 609. The van der Waals surface area contributed by atoms with Gasteiger partial charge in [-0.15, -0.1) is 0 Å². The van der Waals surface area contributed by atoms with E-state index in [1.165, 1.54) is 18.2 Å². The van der Waals surface area contributed by atoms with Crippen LogP contribution in [0.5, 0.6) is 0 Å². The summed E-state index contributed by atoms with van der Waals surface area (Å²) in [6.45, 7) is 3.29. The number of amides is 1. The Morgan fingerprint density at radius 1 is 1.45 bits per heavy atom. The Morgan fingerprint density at radius 3 is 2.73 bits per heavy atom. The maximum atomic E-state index is 13.6. The molecule has 0 bridgehead atoms. The molecule has 1 heterocycles. The van der Waals surface area contributed by atoms with Crippen LogP contribution in [0, 0.1) is 0 Å². The van der Waals surface area contributed by atoms with Crippen molar-refractivity contribution in [3.8, 4) is 0 Å². The summed E-state index contributed by atoms with van der Waals surface area (Å²) < 4.78 is 40.8. The SMILES string of the molecule is CC(C)=CCN1CC(=O)Nc2ccc(Cl)cc2C1C(F)(F)F. The van der Waals surface area contributed by atoms with Crippen molar-refractivity contribution < 1.29 is 18.0 Å². The van der Waals surface area contributed by atoms with Gasteiger partial charge in [-0.2, -0.15) is 13.2 Å². The second-order valence-corrected chi connectivity index (χ2v) is 5.87. The van der Waals surface area contributed by atoms with Crippen molar-refractivity contribution in [3.05, 3.63) is 40.4 Å². The lowest BCUT2D eigenvalue weighted by molar-refractivity contribution is -0.184. The van der Waals surface area contributed by atoms with E-state index in [0.717, 1.165) is 10.5 Å². The Morgan fingerprint density at radius 2 is 2.14 bits per heavy atom. The highest BCUT2D eigenvalue weighted by atomic mass is 35.5. The summed E-state index contributed by atoms with van der Waals surface area (Å²) in [5.74, 6) is -0.475. The number of rotatable bonds is 2. The molecule has 120 valence electrons. The Kier molecular flexibility index (Phi) is 4.82. The number of hydrogen-bond acceptors (Lipinski definition) is 2. The van der Waals surface area contributed by atoms with E-state index in [1.807, 2.05) is 0 Å². The van der Waals surface area contributed by atoms with E-state index < -0.39 is 18.1 Å². The third-order valence-electron chi connectivity index (χ3n) is 3.34. The third kappa shape index (κ3) is 3.81. The molecule has 7 heteroatoms. The molecule has 1 aliphatic rings. The Hall–Kier alpha value is -1.53. The molecule has 1 N–H and O–H groups in total. The van der Waals surface area contributed by atoms with Gasteiger partial charge >= 0.3 is 6.18 Å². The molecule has 1 aliphatic heterocycles. The quantitative estimate of drug-likeness (QED) is 0.825. The number of allylic oxidation sites excluding steroid dienone is 1. The zero-order valence-corrected chi connectivity index (χ0v) is 12.9. The van der Waals surface area contributed by atoms with E-state index >= 15 is 0 Å². The summed E-state index contributed by atoms with van der Waals surface area (Å²) in [6.07, 6.45) is -2.84. The number of nitrogens with one attached hydrogen (secondary N) is 1. The summed E-state index contributed by atoms with van der Waals surface area (Å²) in [4.78, 5) is 13.0. The first-order chi connectivity index (χ1) is 10.2. The highest BCUT2D eigenvalue weighted by molar-refractivity contribution is 6.30. The Labute approximate surface area is 131 Å². The van der Waals surface area contributed by atoms with Gasteiger partial charge in [-0.1, -0.05) is 23.3 Å². The normalized spacial score (nSPS) is 19.2. The fraction of sp³-hybridized carbons (Fsp3) is 0.400. The first kappa shape index (κ1) is 16.8. The average molecular weight is 333 g/mol. The van der Waals surface area contributed by atoms with Gasteiger partial charge in [-0.05, 0) is 32.0 Å². The summed E-state index contributed by atoms with van der Waals surface area (Å²) in [7, 11) is 0. The minimum absolute atomic E-state index is 0.0336. The predicted molar refractivity (Wildman–Crippen MR) is 79.9 cm³/mol. The number of carbonyl (C=O) groups excluding carboxylic acids is 1. The minimum atomic E-state index is -4.51. The van der Waals surface area contributed by atoms with Crippen molar-refractivity contribution in [2.75, 3.05) is 18.4 Å². The number of carbonyl (C=O) groups is 1. The standard InChI is InChI=1S/C15H16ClF3N2O/c1-9(2)5-6-21-8-13(22)20-12-4-3-10(16)7-11(12)14(21)15(17,18)19/h3-5,7,14H,6,8H2,1-2H3,(H,20,22). The van der Waals surface area contributed by atoms with Crippen molar-refractivity contribution in [3.63, 3.8) is 0 Å². The van der Waals surface area contributed by atoms with Crippen LogP contribution in [0.2, 0.25) is 5.02 Å². The van der Waals surface area contributed by atoms with Crippen LogP contribution in [0.25, 0.3) is 0 Å². The van der Waals surface area contributed by atoms with E-state index in [-0.39, 0.29) is 29.4 Å². The number of halogens is 4. The first-order valence-electron chi connectivity index (χ1n) is 6.72. The predicted octanol–water partition coefficient (Wildman–Crippen LogP) is 4.16. The molecule has 0 fully saturated rings. The molecular weight excluding hydrogens is 317 g/mol. The van der Waals surface area contributed by atoms with Crippen LogP contribution in [0.4, 0.5) is 18.9 Å². The zero-order valence-electron chi connectivity index (χ0n) is 12.2. The number of nitrogens with zero attached hydrogens (tertiary/aromatic N) is 1. The van der Waals surface area contributed by atoms with Crippen LogP contribution >= 0.6 is 11.6 Å². The Balaban J connectivity index is 2.54. The van der Waals surface area contributed by atoms with Crippen LogP contribution in [0.3, 0.4) is 0 Å². The summed E-state index contributed by atoms with van der Waals surface area (Å²) in [5, 5.41) is 2.71. The lowest BCUT2D eigenvalue weighted by Gasteiger charge is -2.30. The molecule has 0 saturated heterocycles. The van der Waals surface area contributed by atoms with E-state index in [4.69, 9.17) is 11.6 Å². The third-order valence-corrected chi connectivity index (χ3v) is 3.57. The topological polar surface area (TPSA) is 32.3 Å². The molecule has 1 atom stereocenters. The smallest absolute Gasteiger partial charge is 0.325 e. The molecule has 22 heavy (non-hydrogen) atoms. The molecule has 0 aliphatic carbocycles. The fourth-order valence-corrected chi connectivity index (χ4v) is 2.57. The van der Waals surface area contributed by atoms with Crippen LogP contribution in [-0.2, 0) is 4.79 Å². The maximum Gasteiger partial charge on any atom is 0.408 e. The van der Waals surface area contributed by atoms with Gasteiger partial charge in [0.15, 0.2) is 0 Å². The lowest BCUT2D eigenvalue weighted by Crippen LogP contribution is -2.40. The lowest BCUT2D eigenvalue weighted by atomic mass is 10.0. The van der Waals surface area contributed by atoms with E-state index in [2.05, 4.69) is 5.32 Å². The summed E-state index contributed by atoms with van der Waals surface area (Å²) in [5.41, 5.74) is 1.00. The van der Waals surface area contributed by atoms with Crippen molar-refractivity contribution in [2.24, 2.45) is 0 Å². The van der Waals surface area contributed by atoms with Crippen molar-refractivity contribution in [1.82, 2.24) is 4.90 Å². The number of anilines is 1. The van der Waals surface area contributed by atoms with Gasteiger partial charge in [0.25, 0.3) is 0 Å². The first-order valence-corrected chi connectivity index (χ1v) is 7.09. The molecule has 1 aromatic carbocycles. The molecular formula is C15H16ClF3N2O. The molecule has 2 rings (SSSR count). The second-order valence-electron chi connectivity index (χ2n) is 5.43. The van der Waals surface area contributed by atoms with Gasteiger partial charge < -0.3 is 5.32 Å². The molecule has 1 aromatic rings. The monoisotopic (exact) mass is 332 g/mol. The largest absolute Gasteiger partial charge is 0.408 e. The molecule has 0 spiro atoms. The molecule has 1 amide bonds. The number of fused-ring (bicyclic) bond motifs is 1. The number of benzene rings is 1. The van der Waals surface area contributed by atoms with Gasteiger partial charge in [-0.25, -0.2) is 0 Å². The van der Waals surface area contributed by atoms with Crippen LogP contribution in [-0.4, -0.2) is 30.1 Å². The zero-order chi connectivity index (χ0) is 16.5. The maximum absolute atomic E-state index is 13.6. The van der Waals surface area contributed by atoms with E-state index in [1.54, 1.807) is 19.9 Å². The van der Waals surface area contributed by atoms with Crippen LogP contribution in [0.1, 0.15) is 25.5 Å². The average Bonchev–Trinajstić information content (AvgIpc) is 2.50. The van der Waals surface area contributed by atoms with Gasteiger partial charge in [0.1, 0.15) is 6.04 Å². The van der Waals surface area contributed by atoms with E-state index in [9.17, 15) is 18.0 Å². The summed E-state index contributed by atoms with van der Waals surface area (Å²) >= 11 is 5.85. The van der Waals surface area contributed by atoms with Gasteiger partial charge in [0.2, 0.25) is 5.91 Å². The van der Waals surface area contributed by atoms with Crippen LogP contribution < -0.4 is 5.32 Å². The van der Waals surface area contributed by atoms with Crippen molar-refractivity contribution in [1.29, 1.82) is 0 Å². The fourth-order valence-electron chi connectivity index (χ4n) is 2.39. The molecule has 1 unspecified atom stereocenters. The number of hydrogen-bond donors (Lipinski definition) is 1. The van der Waals surface area contributed by atoms with Crippen molar-refractivity contribution in [2.45, 2.75) is 26.1 Å². The van der Waals surface area contributed by atoms with Crippen LogP contribution in [0.15, 0.2) is 29.8 Å².